The Morgan fingerprint density at radius 1 is 1.42 bits per heavy atom. The van der Waals surface area contributed by atoms with Gasteiger partial charge in [-0.3, -0.25) is 0 Å². The molecule has 1 atom stereocenters. The van der Waals surface area contributed by atoms with Gasteiger partial charge in [-0.1, -0.05) is 6.92 Å². The molecule has 9 heteroatoms. The fourth-order valence-electron chi connectivity index (χ4n) is 1.95. The van der Waals surface area contributed by atoms with Gasteiger partial charge in [0.25, 0.3) is 0 Å². The second-order valence-electron chi connectivity index (χ2n) is 4.24. The Morgan fingerprint density at radius 2 is 2.11 bits per heavy atom. The van der Waals surface area contributed by atoms with Crippen molar-refractivity contribution in [2.24, 2.45) is 0 Å². The topological polar surface area (TPSA) is 116 Å². The molecule has 1 aliphatic rings. The third-order valence-corrected chi connectivity index (χ3v) is 4.28. The molecule has 1 saturated heterocycles. The monoisotopic (exact) mass is 293 g/mol. The molecule has 1 unspecified atom stereocenters. The molecule has 8 nitrogen and oxygen atoms in total. The van der Waals surface area contributed by atoms with Crippen LogP contribution in [0.5, 0.6) is 0 Å². The van der Waals surface area contributed by atoms with Gasteiger partial charge in [0.05, 0.1) is 5.75 Å². The Labute approximate surface area is 112 Å². The van der Waals surface area contributed by atoms with E-state index in [2.05, 4.69) is 10.0 Å². The lowest BCUT2D eigenvalue weighted by Crippen LogP contribution is -2.47. The van der Waals surface area contributed by atoms with Crippen molar-refractivity contribution in [3.63, 3.8) is 0 Å². The lowest BCUT2D eigenvalue weighted by Gasteiger charge is -2.21. The van der Waals surface area contributed by atoms with Gasteiger partial charge in [0, 0.05) is 19.6 Å². The van der Waals surface area contributed by atoms with Gasteiger partial charge < -0.3 is 15.3 Å². The summed E-state index contributed by atoms with van der Waals surface area (Å²) in [7, 11) is -3.38. The third kappa shape index (κ3) is 4.67. The van der Waals surface area contributed by atoms with Gasteiger partial charge in [-0.05, 0) is 12.8 Å². The zero-order valence-corrected chi connectivity index (χ0v) is 11.6. The van der Waals surface area contributed by atoms with E-state index in [1.54, 1.807) is 6.92 Å². The van der Waals surface area contributed by atoms with Crippen LogP contribution in [0.15, 0.2) is 0 Å². The molecule has 19 heavy (non-hydrogen) atoms. The summed E-state index contributed by atoms with van der Waals surface area (Å²) in [5.41, 5.74) is 0. The second kappa shape index (κ2) is 6.71. The lowest BCUT2D eigenvalue weighted by atomic mass is 10.2. The predicted molar refractivity (Wildman–Crippen MR) is 68.2 cm³/mol. The zero-order valence-electron chi connectivity index (χ0n) is 10.8. The van der Waals surface area contributed by atoms with E-state index in [9.17, 15) is 18.0 Å². The van der Waals surface area contributed by atoms with Crippen LogP contribution < -0.4 is 10.0 Å². The Morgan fingerprint density at radius 3 is 2.68 bits per heavy atom. The second-order valence-corrected chi connectivity index (χ2v) is 6.16. The van der Waals surface area contributed by atoms with E-state index >= 15 is 0 Å². The van der Waals surface area contributed by atoms with E-state index in [1.165, 1.54) is 4.90 Å². The Kier molecular flexibility index (Phi) is 5.55. The number of hydrogen-bond acceptors (Lipinski definition) is 4. The quantitative estimate of drug-likeness (QED) is 0.592. The van der Waals surface area contributed by atoms with Gasteiger partial charge >= 0.3 is 12.0 Å². The van der Waals surface area contributed by atoms with Crippen molar-refractivity contribution < 1.29 is 23.1 Å². The van der Waals surface area contributed by atoms with Crippen molar-refractivity contribution in [1.82, 2.24) is 14.9 Å². The minimum absolute atomic E-state index is 0.0446. The number of nitrogens with one attached hydrogen (secondary N) is 2. The van der Waals surface area contributed by atoms with E-state index in [-0.39, 0.29) is 12.3 Å². The summed E-state index contributed by atoms with van der Waals surface area (Å²) in [6.45, 7) is 2.29. The van der Waals surface area contributed by atoms with Gasteiger partial charge in [-0.2, -0.15) is 0 Å². The standard InChI is InChI=1S/C10H19N3O5S/c1-2-12-19(17,18)7-5-11-10(16)13-6-3-4-8(13)9(14)15/h8,12H,2-7H2,1H3,(H,11,16)(H,14,15). The molecule has 3 N–H and O–H groups in total. The molecular weight excluding hydrogens is 274 g/mol. The largest absolute Gasteiger partial charge is 0.480 e. The molecule has 1 rings (SSSR count). The van der Waals surface area contributed by atoms with Crippen LogP contribution in [0, 0.1) is 0 Å². The first-order valence-corrected chi connectivity index (χ1v) is 7.77. The fourth-order valence-corrected chi connectivity index (χ4v) is 2.91. The number of carbonyl (C=O) groups excluding carboxylic acids is 1. The minimum atomic E-state index is -3.38. The van der Waals surface area contributed by atoms with Gasteiger partial charge in [-0.25, -0.2) is 22.7 Å². The fraction of sp³-hybridized carbons (Fsp3) is 0.800. The maximum absolute atomic E-state index is 11.7. The van der Waals surface area contributed by atoms with Gasteiger partial charge in [0.1, 0.15) is 6.04 Å². The molecule has 0 bridgehead atoms. The molecule has 0 spiro atoms. The number of rotatable bonds is 6. The van der Waals surface area contributed by atoms with Crippen molar-refractivity contribution in [1.29, 1.82) is 0 Å². The average Bonchev–Trinajstić information content (AvgIpc) is 2.77. The molecule has 110 valence electrons. The smallest absolute Gasteiger partial charge is 0.326 e. The number of nitrogens with zero attached hydrogens (tertiary/aromatic N) is 1. The van der Waals surface area contributed by atoms with E-state index in [1.807, 2.05) is 0 Å². The Hall–Kier alpha value is -1.35. The molecule has 0 aliphatic carbocycles. The Bertz CT molecular complexity index is 436. The molecule has 0 radical (unpaired) electrons. The number of amides is 2. The van der Waals surface area contributed by atoms with Crippen LogP contribution in [-0.2, 0) is 14.8 Å². The van der Waals surface area contributed by atoms with Crippen LogP contribution in [0.2, 0.25) is 0 Å². The highest BCUT2D eigenvalue weighted by atomic mass is 32.2. The normalized spacial score (nSPS) is 19.4. The zero-order chi connectivity index (χ0) is 14.5. The van der Waals surface area contributed by atoms with Crippen molar-refractivity contribution in [2.45, 2.75) is 25.8 Å². The summed E-state index contributed by atoms with van der Waals surface area (Å²) in [5.74, 6) is -1.26. The molecule has 2 amide bonds. The number of carboxylic acids is 1. The molecule has 0 aromatic heterocycles. The number of carbonyl (C=O) groups is 2. The van der Waals surface area contributed by atoms with Crippen LogP contribution in [0.1, 0.15) is 19.8 Å². The average molecular weight is 293 g/mol. The predicted octanol–water partition coefficient (Wildman–Crippen LogP) is -0.816. The highest BCUT2D eigenvalue weighted by Crippen LogP contribution is 2.17. The summed E-state index contributed by atoms with van der Waals surface area (Å²) in [6.07, 6.45) is 1.07. The van der Waals surface area contributed by atoms with Crippen LogP contribution in [-0.4, -0.2) is 61.9 Å². The number of urea groups is 1. The maximum atomic E-state index is 11.7. The summed E-state index contributed by atoms with van der Waals surface area (Å²) in [6, 6.07) is -1.35. The summed E-state index contributed by atoms with van der Waals surface area (Å²) in [4.78, 5) is 23.9. The van der Waals surface area contributed by atoms with E-state index in [4.69, 9.17) is 5.11 Å². The number of carboxylic acid groups (broad SMARTS) is 1. The molecule has 0 aromatic rings. The number of likely N-dealkylation sites (tertiary alicyclic amines) is 1. The number of aliphatic carboxylic acids is 1. The highest BCUT2D eigenvalue weighted by Gasteiger charge is 2.33. The summed E-state index contributed by atoms with van der Waals surface area (Å²) in [5, 5.41) is 11.4. The number of hydrogen-bond donors (Lipinski definition) is 3. The molecular formula is C10H19N3O5S. The molecule has 0 saturated carbocycles. The first-order valence-electron chi connectivity index (χ1n) is 6.12. The van der Waals surface area contributed by atoms with Gasteiger partial charge in [0.2, 0.25) is 10.0 Å². The molecule has 1 heterocycles. The maximum Gasteiger partial charge on any atom is 0.326 e. The number of sulfonamides is 1. The van der Waals surface area contributed by atoms with Crippen molar-refractivity contribution in [2.75, 3.05) is 25.4 Å². The molecule has 0 aromatic carbocycles. The van der Waals surface area contributed by atoms with Gasteiger partial charge in [0.15, 0.2) is 0 Å². The van der Waals surface area contributed by atoms with Crippen molar-refractivity contribution >= 4 is 22.0 Å². The van der Waals surface area contributed by atoms with Crippen molar-refractivity contribution in [3.05, 3.63) is 0 Å². The van der Waals surface area contributed by atoms with Crippen molar-refractivity contribution in [3.8, 4) is 0 Å². The first kappa shape index (κ1) is 15.7. The third-order valence-electron chi connectivity index (χ3n) is 2.81. The van der Waals surface area contributed by atoms with E-state index in [0.717, 1.165) is 0 Å². The SMILES string of the molecule is CCNS(=O)(=O)CCNC(=O)N1CCCC1C(=O)O. The van der Waals surface area contributed by atoms with Crippen LogP contribution in [0.4, 0.5) is 4.79 Å². The lowest BCUT2D eigenvalue weighted by molar-refractivity contribution is -0.141. The minimum Gasteiger partial charge on any atom is -0.480 e. The molecule has 1 aliphatic heterocycles. The first-order chi connectivity index (χ1) is 8.87. The summed E-state index contributed by atoms with van der Waals surface area (Å²) >= 11 is 0. The van der Waals surface area contributed by atoms with Gasteiger partial charge in [-0.15, -0.1) is 0 Å². The van der Waals surface area contributed by atoms with E-state index < -0.39 is 28.1 Å². The summed E-state index contributed by atoms with van der Waals surface area (Å²) < 4.78 is 25.0. The van der Waals surface area contributed by atoms with Crippen LogP contribution in [0.25, 0.3) is 0 Å². The van der Waals surface area contributed by atoms with E-state index in [0.29, 0.717) is 25.9 Å². The van der Waals surface area contributed by atoms with Crippen LogP contribution >= 0.6 is 0 Å². The molecule has 1 fully saturated rings. The highest BCUT2D eigenvalue weighted by molar-refractivity contribution is 7.89. The Balaban J connectivity index is 2.41. The van der Waals surface area contributed by atoms with Crippen LogP contribution in [0.3, 0.4) is 0 Å².